The highest BCUT2D eigenvalue weighted by molar-refractivity contribution is 7.12. The number of hydrogen-bond acceptors (Lipinski definition) is 6. The maximum absolute atomic E-state index is 12.0. The van der Waals surface area contributed by atoms with Crippen LogP contribution in [0.3, 0.4) is 0 Å². The Hall–Kier alpha value is -1.60. The van der Waals surface area contributed by atoms with E-state index in [9.17, 15) is 14.7 Å². The zero-order chi connectivity index (χ0) is 19.0. The van der Waals surface area contributed by atoms with E-state index in [2.05, 4.69) is 5.32 Å². The summed E-state index contributed by atoms with van der Waals surface area (Å²) in [7, 11) is 1.29. The number of aliphatic hydroxyl groups is 1. The molecule has 0 aliphatic heterocycles. The van der Waals surface area contributed by atoms with Crippen molar-refractivity contribution in [3.63, 3.8) is 0 Å². The summed E-state index contributed by atoms with van der Waals surface area (Å²) in [4.78, 5) is 26.1. The largest absolute Gasteiger partial charge is 0.467 e. The fraction of sp³-hybridized carbons (Fsp3) is 0.667. The van der Waals surface area contributed by atoms with Crippen LogP contribution in [0.5, 0.6) is 0 Å². The molecule has 0 bridgehead atoms. The van der Waals surface area contributed by atoms with E-state index in [1.165, 1.54) is 12.0 Å². The van der Waals surface area contributed by atoms with Crippen LogP contribution >= 0.6 is 11.3 Å². The summed E-state index contributed by atoms with van der Waals surface area (Å²) in [5.41, 5.74) is -0.634. The number of ether oxygens (including phenoxy) is 2. The van der Waals surface area contributed by atoms with Crippen molar-refractivity contribution in [1.29, 1.82) is 0 Å². The van der Waals surface area contributed by atoms with Gasteiger partial charge in [-0.05, 0) is 59.1 Å². The number of rotatable bonds is 8. The van der Waals surface area contributed by atoms with Crippen LogP contribution < -0.4 is 5.32 Å². The number of alkyl carbamates (subject to hydrolysis) is 1. The Morgan fingerprint density at radius 3 is 2.48 bits per heavy atom. The number of carbonyl (C=O) groups is 2. The highest BCUT2D eigenvalue weighted by atomic mass is 32.1. The molecule has 25 heavy (non-hydrogen) atoms. The molecule has 142 valence electrons. The van der Waals surface area contributed by atoms with Crippen molar-refractivity contribution in [2.75, 3.05) is 7.11 Å². The Morgan fingerprint density at radius 1 is 1.28 bits per heavy atom. The Labute approximate surface area is 153 Å². The molecule has 0 radical (unpaired) electrons. The van der Waals surface area contributed by atoms with Crippen molar-refractivity contribution < 1.29 is 24.2 Å². The normalized spacial score (nSPS) is 13.8. The van der Waals surface area contributed by atoms with Crippen molar-refractivity contribution in [3.05, 3.63) is 21.9 Å². The maximum Gasteiger partial charge on any atom is 0.408 e. The van der Waals surface area contributed by atoms with Crippen molar-refractivity contribution >= 4 is 23.4 Å². The van der Waals surface area contributed by atoms with Gasteiger partial charge in [-0.1, -0.05) is 0 Å². The summed E-state index contributed by atoms with van der Waals surface area (Å²) >= 11 is 1.60. The summed E-state index contributed by atoms with van der Waals surface area (Å²) in [5, 5.41) is 11.9. The molecule has 6 nitrogen and oxygen atoms in total. The number of esters is 1. The average Bonchev–Trinajstić information content (AvgIpc) is 2.91. The molecule has 0 saturated heterocycles. The molecule has 7 heteroatoms. The number of aliphatic hydroxyl groups excluding tert-OH is 1. The predicted molar refractivity (Wildman–Crippen MR) is 97.8 cm³/mol. The molecular weight excluding hydrogens is 342 g/mol. The molecule has 1 aromatic rings. The summed E-state index contributed by atoms with van der Waals surface area (Å²) in [6.07, 6.45) is 1.98. The van der Waals surface area contributed by atoms with Crippen LogP contribution in [0.2, 0.25) is 0 Å². The second kappa shape index (κ2) is 9.77. The first kappa shape index (κ1) is 21.4. The first-order chi connectivity index (χ1) is 11.6. The van der Waals surface area contributed by atoms with Crippen LogP contribution in [0.1, 0.15) is 50.3 Å². The molecule has 1 unspecified atom stereocenters. The third kappa shape index (κ3) is 8.88. The van der Waals surface area contributed by atoms with Gasteiger partial charge in [-0.15, -0.1) is 11.3 Å². The van der Waals surface area contributed by atoms with Crippen molar-refractivity contribution in [2.45, 2.75) is 71.1 Å². The second-order valence-electron chi connectivity index (χ2n) is 7.04. The van der Waals surface area contributed by atoms with Gasteiger partial charge in [-0.2, -0.15) is 0 Å². The lowest BCUT2D eigenvalue weighted by atomic mass is 10.1. The van der Waals surface area contributed by atoms with Gasteiger partial charge in [0.2, 0.25) is 0 Å². The lowest BCUT2D eigenvalue weighted by Crippen LogP contribution is -2.45. The minimum absolute atomic E-state index is 0.291. The van der Waals surface area contributed by atoms with Gasteiger partial charge in [0, 0.05) is 16.2 Å². The fourth-order valence-electron chi connectivity index (χ4n) is 2.22. The zero-order valence-electron chi connectivity index (χ0n) is 15.6. The van der Waals surface area contributed by atoms with Gasteiger partial charge >= 0.3 is 12.1 Å². The van der Waals surface area contributed by atoms with Gasteiger partial charge in [-0.25, -0.2) is 9.59 Å². The second-order valence-corrected chi connectivity index (χ2v) is 8.29. The molecule has 1 heterocycles. The Morgan fingerprint density at radius 2 is 1.92 bits per heavy atom. The third-order valence-electron chi connectivity index (χ3n) is 3.34. The highest BCUT2D eigenvalue weighted by Crippen LogP contribution is 2.21. The predicted octanol–water partition coefficient (Wildman–Crippen LogP) is 3.06. The molecule has 0 fully saturated rings. The number of hydrogen-bond donors (Lipinski definition) is 2. The SMILES string of the molecule is COC(=O)[C@H](Cc1ccc(CCCC(C)O)s1)NC(=O)OC(C)(C)C. The lowest BCUT2D eigenvalue weighted by Gasteiger charge is -2.22. The van der Waals surface area contributed by atoms with Crippen molar-refractivity contribution in [1.82, 2.24) is 5.32 Å². The van der Waals surface area contributed by atoms with E-state index in [1.807, 2.05) is 12.1 Å². The van der Waals surface area contributed by atoms with Crippen LogP contribution in [-0.4, -0.2) is 42.0 Å². The van der Waals surface area contributed by atoms with Crippen LogP contribution in [0.25, 0.3) is 0 Å². The zero-order valence-corrected chi connectivity index (χ0v) is 16.4. The molecular formula is C18H29NO5S. The summed E-state index contributed by atoms with van der Waals surface area (Å²) in [6.45, 7) is 7.07. The lowest BCUT2D eigenvalue weighted by molar-refractivity contribution is -0.143. The molecule has 0 spiro atoms. The molecule has 0 saturated carbocycles. The van der Waals surface area contributed by atoms with Crippen molar-refractivity contribution in [3.8, 4) is 0 Å². The number of aryl methyl sites for hydroxylation is 1. The van der Waals surface area contributed by atoms with Gasteiger partial charge in [-0.3, -0.25) is 0 Å². The standard InChI is InChI=1S/C18H29NO5S/c1-12(20)7-6-8-13-9-10-14(25-13)11-15(16(21)23-5)19-17(22)24-18(2,3)4/h9-10,12,15,20H,6-8,11H2,1-5H3,(H,19,22)/t12?,15-/m0/s1. The quantitative estimate of drug-likeness (QED) is 0.686. The molecule has 2 atom stereocenters. The number of carbonyl (C=O) groups excluding carboxylic acids is 2. The number of nitrogens with one attached hydrogen (secondary N) is 1. The van der Waals surface area contributed by atoms with Crippen LogP contribution in [0.15, 0.2) is 12.1 Å². The number of methoxy groups -OCH3 is 1. The van der Waals surface area contributed by atoms with E-state index in [0.29, 0.717) is 6.42 Å². The smallest absolute Gasteiger partial charge is 0.408 e. The topological polar surface area (TPSA) is 84.9 Å². The third-order valence-corrected chi connectivity index (χ3v) is 4.51. The minimum Gasteiger partial charge on any atom is -0.467 e. The fourth-order valence-corrected chi connectivity index (χ4v) is 3.33. The summed E-state index contributed by atoms with van der Waals surface area (Å²) < 4.78 is 9.98. The molecule has 1 aromatic heterocycles. The molecule has 0 aromatic carbocycles. The monoisotopic (exact) mass is 371 g/mol. The van der Waals surface area contributed by atoms with Gasteiger partial charge in [0.05, 0.1) is 13.2 Å². The maximum atomic E-state index is 12.0. The number of amides is 1. The van der Waals surface area contributed by atoms with Crippen molar-refractivity contribution in [2.24, 2.45) is 0 Å². The molecule has 1 rings (SSSR count). The number of thiophene rings is 1. The molecule has 1 amide bonds. The van der Waals surface area contributed by atoms with Gasteiger partial charge in [0.15, 0.2) is 0 Å². The molecule has 2 N–H and O–H groups in total. The van der Waals surface area contributed by atoms with E-state index in [4.69, 9.17) is 9.47 Å². The van der Waals surface area contributed by atoms with E-state index < -0.39 is 23.7 Å². The Kier molecular flexibility index (Phi) is 8.38. The Bertz CT molecular complexity index is 562. The highest BCUT2D eigenvalue weighted by Gasteiger charge is 2.25. The van der Waals surface area contributed by atoms with E-state index in [-0.39, 0.29) is 6.10 Å². The first-order valence-electron chi connectivity index (χ1n) is 8.43. The van der Waals surface area contributed by atoms with Crippen LogP contribution in [0.4, 0.5) is 4.79 Å². The van der Waals surface area contributed by atoms with Gasteiger partial charge < -0.3 is 19.9 Å². The molecule has 0 aliphatic rings. The summed E-state index contributed by atoms with van der Waals surface area (Å²) in [6, 6.07) is 3.18. The van der Waals surface area contributed by atoms with Crippen LogP contribution in [-0.2, 0) is 27.1 Å². The van der Waals surface area contributed by atoms with Gasteiger partial charge in [0.1, 0.15) is 11.6 Å². The summed E-state index contributed by atoms with van der Waals surface area (Å²) in [5.74, 6) is -0.505. The first-order valence-corrected chi connectivity index (χ1v) is 9.25. The average molecular weight is 371 g/mol. The van der Waals surface area contributed by atoms with E-state index in [0.717, 1.165) is 24.1 Å². The minimum atomic E-state index is -0.788. The van der Waals surface area contributed by atoms with Crippen LogP contribution in [0, 0.1) is 0 Å². The van der Waals surface area contributed by atoms with Gasteiger partial charge in [0.25, 0.3) is 0 Å². The Balaban J connectivity index is 2.65. The van der Waals surface area contributed by atoms with E-state index >= 15 is 0 Å². The molecule has 0 aliphatic carbocycles. The van der Waals surface area contributed by atoms with E-state index in [1.54, 1.807) is 39.0 Å².